The van der Waals surface area contributed by atoms with Gasteiger partial charge in [0.05, 0.1) is 10.6 Å². The van der Waals surface area contributed by atoms with Gasteiger partial charge < -0.3 is 0 Å². The molecule has 0 aliphatic carbocycles. The van der Waals surface area contributed by atoms with E-state index >= 15 is 0 Å². The minimum Gasteiger partial charge on any atom is -0.272 e. The van der Waals surface area contributed by atoms with Crippen molar-refractivity contribution >= 4 is 32.9 Å². The Morgan fingerprint density at radius 1 is 1.29 bits per heavy atom. The number of carbonyl (C=O) groups is 1. The zero-order valence-electron chi connectivity index (χ0n) is 9.03. The highest BCUT2D eigenvalue weighted by atomic mass is 32.2. The third-order valence-electron chi connectivity index (χ3n) is 2.22. The number of aliphatic imine (C=N–C) groups is 1. The van der Waals surface area contributed by atoms with Gasteiger partial charge in [-0.1, -0.05) is 30.0 Å². The van der Waals surface area contributed by atoms with Gasteiger partial charge in [0, 0.05) is 7.05 Å². The largest absolute Gasteiger partial charge is 0.272 e. The van der Waals surface area contributed by atoms with Crippen molar-refractivity contribution in [2.75, 3.05) is 12.8 Å². The molecule has 17 heavy (non-hydrogen) atoms. The molecular weight excluding hydrogens is 260 g/mol. The Kier molecular flexibility index (Phi) is 3.21. The number of hydrogen-bond acceptors (Lipinski definition) is 4. The Hall–Kier alpha value is -1.34. The molecule has 0 unspecified atom stereocenters. The van der Waals surface area contributed by atoms with Crippen LogP contribution in [0.5, 0.6) is 0 Å². The summed E-state index contributed by atoms with van der Waals surface area (Å²) >= 11 is 1.13. The second-order valence-electron chi connectivity index (χ2n) is 3.36. The molecular formula is C10H10N2O3S2. The molecule has 90 valence electrons. The molecule has 0 bridgehead atoms. The van der Waals surface area contributed by atoms with E-state index in [0.29, 0.717) is 0 Å². The van der Waals surface area contributed by atoms with Gasteiger partial charge in [0.1, 0.15) is 0 Å². The fourth-order valence-electron chi connectivity index (χ4n) is 1.31. The van der Waals surface area contributed by atoms with E-state index in [-0.39, 0.29) is 21.7 Å². The Morgan fingerprint density at radius 3 is 2.47 bits per heavy atom. The summed E-state index contributed by atoms with van der Waals surface area (Å²) in [5.74, 6) is -0.107. The first-order valence-corrected chi connectivity index (χ1v) is 7.22. The molecule has 2 rings (SSSR count). The van der Waals surface area contributed by atoms with Gasteiger partial charge in [0.25, 0.3) is 15.9 Å². The maximum absolute atomic E-state index is 12.1. The molecule has 1 aliphatic heterocycles. The number of thioether (sulfide) groups is 1. The molecule has 0 atom stereocenters. The molecule has 1 heterocycles. The second-order valence-corrected chi connectivity index (χ2v) is 6.27. The summed E-state index contributed by atoms with van der Waals surface area (Å²) in [5.41, 5.74) is 0. The smallest absolute Gasteiger partial charge is 0.265 e. The van der Waals surface area contributed by atoms with Gasteiger partial charge in [0.2, 0.25) is 0 Å². The van der Waals surface area contributed by atoms with E-state index in [0.717, 1.165) is 16.1 Å². The Morgan fingerprint density at radius 2 is 1.94 bits per heavy atom. The third kappa shape index (κ3) is 2.34. The lowest BCUT2D eigenvalue weighted by Gasteiger charge is -2.17. The van der Waals surface area contributed by atoms with Crippen LogP contribution >= 0.6 is 11.8 Å². The van der Waals surface area contributed by atoms with Crippen molar-refractivity contribution in [1.82, 2.24) is 4.31 Å². The third-order valence-corrected chi connectivity index (χ3v) is 5.11. The first-order valence-electron chi connectivity index (χ1n) is 4.80. The van der Waals surface area contributed by atoms with Crippen LogP contribution in [0.3, 0.4) is 0 Å². The average molecular weight is 270 g/mol. The van der Waals surface area contributed by atoms with Gasteiger partial charge in [-0.2, -0.15) is 4.99 Å². The number of benzene rings is 1. The SMILES string of the molecule is CN(C1=NC(=O)CS1)S(=O)(=O)c1ccccc1. The predicted molar refractivity (Wildman–Crippen MR) is 66.3 cm³/mol. The summed E-state index contributed by atoms with van der Waals surface area (Å²) in [5, 5.41) is 0.221. The Bertz CT molecular complexity index is 566. The van der Waals surface area contributed by atoms with E-state index < -0.39 is 10.0 Å². The van der Waals surface area contributed by atoms with Crippen LogP contribution in [0, 0.1) is 0 Å². The number of amides is 1. The zero-order valence-corrected chi connectivity index (χ0v) is 10.7. The first kappa shape index (κ1) is 12.1. The normalized spacial score (nSPS) is 15.8. The number of amidine groups is 1. The van der Waals surface area contributed by atoms with Gasteiger partial charge in [-0.05, 0) is 12.1 Å². The van der Waals surface area contributed by atoms with Crippen LogP contribution in [0.25, 0.3) is 0 Å². The maximum atomic E-state index is 12.1. The number of sulfonamides is 1. The highest BCUT2D eigenvalue weighted by Gasteiger charge is 2.28. The molecule has 7 heteroatoms. The van der Waals surface area contributed by atoms with Crippen LogP contribution in [-0.4, -0.2) is 36.6 Å². The second kappa shape index (κ2) is 4.50. The number of nitrogens with zero attached hydrogens (tertiary/aromatic N) is 2. The molecule has 0 spiro atoms. The van der Waals surface area contributed by atoms with E-state index in [2.05, 4.69) is 4.99 Å². The van der Waals surface area contributed by atoms with E-state index in [9.17, 15) is 13.2 Å². The Balaban J connectivity index is 2.34. The predicted octanol–water partition coefficient (Wildman–Crippen LogP) is 0.937. The van der Waals surface area contributed by atoms with Crippen molar-refractivity contribution in [1.29, 1.82) is 0 Å². The molecule has 0 radical (unpaired) electrons. The molecule has 1 amide bonds. The van der Waals surface area contributed by atoms with Crippen LogP contribution < -0.4 is 0 Å². The molecule has 1 aromatic rings. The van der Waals surface area contributed by atoms with Crippen LogP contribution in [0.4, 0.5) is 0 Å². The highest BCUT2D eigenvalue weighted by Crippen LogP contribution is 2.22. The monoisotopic (exact) mass is 270 g/mol. The van der Waals surface area contributed by atoms with Crippen molar-refractivity contribution in [3.05, 3.63) is 30.3 Å². The quantitative estimate of drug-likeness (QED) is 0.802. The van der Waals surface area contributed by atoms with Crippen LogP contribution in [0.2, 0.25) is 0 Å². The van der Waals surface area contributed by atoms with Gasteiger partial charge in [-0.25, -0.2) is 12.7 Å². The highest BCUT2D eigenvalue weighted by molar-refractivity contribution is 8.15. The first-order chi connectivity index (χ1) is 8.01. The molecule has 0 aromatic heterocycles. The number of carbonyl (C=O) groups excluding carboxylic acids is 1. The molecule has 0 saturated heterocycles. The molecule has 5 nitrogen and oxygen atoms in total. The molecule has 1 aromatic carbocycles. The zero-order chi connectivity index (χ0) is 12.5. The van der Waals surface area contributed by atoms with Gasteiger partial charge in [-0.3, -0.25) is 4.79 Å². The van der Waals surface area contributed by atoms with Crippen molar-refractivity contribution < 1.29 is 13.2 Å². The Labute approximate surface area is 104 Å². The molecule has 0 fully saturated rings. The lowest BCUT2D eigenvalue weighted by molar-refractivity contribution is -0.115. The summed E-state index contributed by atoms with van der Waals surface area (Å²) in [7, 11) is -2.22. The van der Waals surface area contributed by atoms with Crippen LogP contribution in [0.15, 0.2) is 40.2 Å². The van der Waals surface area contributed by atoms with Gasteiger partial charge in [-0.15, -0.1) is 0 Å². The summed E-state index contributed by atoms with van der Waals surface area (Å²) in [6.07, 6.45) is 0. The minimum absolute atomic E-state index is 0.185. The van der Waals surface area contributed by atoms with Gasteiger partial charge in [0.15, 0.2) is 5.17 Å². The topological polar surface area (TPSA) is 66.8 Å². The summed E-state index contributed by atoms with van der Waals surface area (Å²) in [4.78, 5) is 14.8. The maximum Gasteiger partial charge on any atom is 0.265 e. The van der Waals surface area contributed by atoms with Crippen LogP contribution in [0.1, 0.15) is 0 Å². The molecule has 0 saturated carbocycles. The van der Waals surface area contributed by atoms with Crippen molar-refractivity contribution in [3.8, 4) is 0 Å². The fraction of sp³-hybridized carbons (Fsp3) is 0.200. The number of hydrogen-bond donors (Lipinski definition) is 0. The van der Waals surface area contributed by atoms with Crippen molar-refractivity contribution in [2.24, 2.45) is 4.99 Å². The van der Waals surface area contributed by atoms with Crippen molar-refractivity contribution in [2.45, 2.75) is 4.90 Å². The molecule has 1 aliphatic rings. The van der Waals surface area contributed by atoms with Crippen molar-refractivity contribution in [3.63, 3.8) is 0 Å². The van der Waals surface area contributed by atoms with Crippen LogP contribution in [-0.2, 0) is 14.8 Å². The van der Waals surface area contributed by atoms with Gasteiger partial charge >= 0.3 is 0 Å². The lowest BCUT2D eigenvalue weighted by atomic mass is 10.4. The average Bonchev–Trinajstić information content (AvgIpc) is 2.76. The molecule has 0 N–H and O–H groups in total. The summed E-state index contributed by atoms with van der Waals surface area (Å²) in [6.45, 7) is 0. The fourth-order valence-corrected chi connectivity index (χ4v) is 3.49. The van der Waals surface area contributed by atoms with E-state index in [1.165, 1.54) is 19.2 Å². The minimum atomic E-state index is -3.62. The summed E-state index contributed by atoms with van der Waals surface area (Å²) in [6, 6.07) is 8.05. The summed E-state index contributed by atoms with van der Waals surface area (Å²) < 4.78 is 25.3. The lowest BCUT2D eigenvalue weighted by Crippen LogP contribution is -2.30. The number of rotatable bonds is 2. The van der Waals surface area contributed by atoms with E-state index in [1.54, 1.807) is 18.2 Å². The van der Waals surface area contributed by atoms with E-state index in [4.69, 9.17) is 0 Å². The van der Waals surface area contributed by atoms with E-state index in [1.807, 2.05) is 0 Å². The standard InChI is InChI=1S/C10H10N2O3S2/c1-12(10-11-9(13)7-16-10)17(14,15)8-5-3-2-4-6-8/h2-6H,7H2,1H3.